The molecule has 0 N–H and O–H groups in total. The topological polar surface area (TPSA) is 51.0 Å². The quantitative estimate of drug-likeness (QED) is 0.193. The molecule has 1 aliphatic heterocycles. The molecule has 46 heavy (non-hydrogen) atoms. The van der Waals surface area contributed by atoms with Crippen molar-refractivity contribution in [2.24, 2.45) is 4.99 Å². The lowest BCUT2D eigenvalue weighted by Gasteiger charge is -2.16. The Morgan fingerprint density at radius 3 is 1.57 bits per heavy atom. The summed E-state index contributed by atoms with van der Waals surface area (Å²) in [4.78, 5) is 20.7. The smallest absolute Gasteiger partial charge is 0.0972 e. The Balaban J connectivity index is 1.13. The molecule has 5 aromatic carbocycles. The summed E-state index contributed by atoms with van der Waals surface area (Å²) in [6.07, 6.45) is 3.13. The molecule has 1 aliphatic rings. The van der Waals surface area contributed by atoms with Crippen LogP contribution in [0.5, 0.6) is 0 Å². The second-order valence-electron chi connectivity index (χ2n) is 11.8. The molecule has 4 heteroatoms. The molecule has 0 saturated heterocycles. The standard InChI is InChI=1S/C42H28N4/c1-3-8-27(9-4-1)35-22-18-29-14-16-31-20-24-37(45-41(31)39(29)43-35)33-12-7-13-34(26-33)38-25-21-32-17-15-30-19-23-36(28-10-5-2-6-11-28)44-40(30)42(32)46-38/h1-24,26,38H,25H2. The number of aromatic nitrogens is 3. The van der Waals surface area contributed by atoms with E-state index in [-0.39, 0.29) is 6.04 Å². The van der Waals surface area contributed by atoms with Crippen LogP contribution in [0.4, 0.5) is 0 Å². The van der Waals surface area contributed by atoms with Gasteiger partial charge in [0.25, 0.3) is 0 Å². The normalized spacial score (nSPS) is 14.1. The summed E-state index contributed by atoms with van der Waals surface area (Å²) >= 11 is 0. The van der Waals surface area contributed by atoms with E-state index in [0.717, 1.165) is 83.5 Å². The monoisotopic (exact) mass is 588 g/mol. The van der Waals surface area contributed by atoms with Crippen molar-refractivity contribution in [3.63, 3.8) is 0 Å². The van der Waals surface area contributed by atoms with Crippen LogP contribution in [0.15, 0.2) is 151 Å². The van der Waals surface area contributed by atoms with Gasteiger partial charge in [0.05, 0.1) is 45.0 Å². The molecule has 0 spiro atoms. The third-order valence-electron chi connectivity index (χ3n) is 8.94. The molecule has 0 radical (unpaired) electrons. The number of nitrogens with zero attached hydrogens (tertiary/aromatic N) is 4. The molecule has 0 fully saturated rings. The van der Waals surface area contributed by atoms with E-state index in [0.29, 0.717) is 0 Å². The van der Waals surface area contributed by atoms with Crippen molar-refractivity contribution in [1.82, 2.24) is 15.0 Å². The Bertz CT molecular complexity index is 2560. The van der Waals surface area contributed by atoms with Crippen molar-refractivity contribution < 1.29 is 0 Å². The van der Waals surface area contributed by atoms with Crippen molar-refractivity contribution in [2.45, 2.75) is 12.5 Å². The minimum absolute atomic E-state index is 0.00313. The van der Waals surface area contributed by atoms with Crippen LogP contribution in [0.1, 0.15) is 18.0 Å². The SMILES string of the molecule is C1=c2ccc3ccc(-c4ccccc4)nc3c2=NC(c2cccc(-c3ccc4ccc5ccc(-c6ccccc6)nc5c4n3)c2)C1. The first kappa shape index (κ1) is 26.4. The van der Waals surface area contributed by atoms with Gasteiger partial charge in [-0.2, -0.15) is 0 Å². The van der Waals surface area contributed by atoms with Gasteiger partial charge in [0, 0.05) is 32.8 Å². The Labute approximate surface area is 266 Å². The summed E-state index contributed by atoms with van der Waals surface area (Å²) < 4.78 is 0. The lowest BCUT2D eigenvalue weighted by molar-refractivity contribution is 0.725. The van der Waals surface area contributed by atoms with Crippen molar-refractivity contribution in [3.05, 3.63) is 162 Å². The summed E-state index contributed by atoms with van der Waals surface area (Å²) in [6.45, 7) is 0. The predicted molar refractivity (Wildman–Crippen MR) is 188 cm³/mol. The maximum atomic E-state index is 5.32. The Hall–Kier alpha value is -6.00. The fourth-order valence-electron chi connectivity index (χ4n) is 6.52. The molecule has 0 saturated carbocycles. The highest BCUT2D eigenvalue weighted by Gasteiger charge is 2.16. The van der Waals surface area contributed by atoms with Crippen LogP contribution in [0, 0.1) is 0 Å². The van der Waals surface area contributed by atoms with Gasteiger partial charge >= 0.3 is 0 Å². The molecule has 1 unspecified atom stereocenters. The van der Waals surface area contributed by atoms with E-state index < -0.39 is 0 Å². The van der Waals surface area contributed by atoms with E-state index in [1.165, 1.54) is 5.56 Å². The molecule has 8 aromatic rings. The Morgan fingerprint density at radius 1 is 0.435 bits per heavy atom. The molecule has 0 aliphatic carbocycles. The fraction of sp³-hybridized carbons (Fsp3) is 0.0476. The third-order valence-corrected chi connectivity index (χ3v) is 8.94. The van der Waals surface area contributed by atoms with Crippen LogP contribution in [-0.2, 0) is 0 Å². The van der Waals surface area contributed by atoms with Gasteiger partial charge in [0.2, 0.25) is 0 Å². The van der Waals surface area contributed by atoms with Crippen molar-refractivity contribution in [2.75, 3.05) is 0 Å². The highest BCUT2D eigenvalue weighted by molar-refractivity contribution is 6.04. The molecule has 0 amide bonds. The number of fused-ring (bicyclic) bond motifs is 6. The zero-order valence-electron chi connectivity index (χ0n) is 25.0. The second kappa shape index (κ2) is 10.9. The number of rotatable bonds is 4. The van der Waals surface area contributed by atoms with Crippen LogP contribution in [-0.4, -0.2) is 15.0 Å². The van der Waals surface area contributed by atoms with Crippen molar-refractivity contribution in [1.29, 1.82) is 0 Å². The van der Waals surface area contributed by atoms with Crippen LogP contribution < -0.4 is 10.6 Å². The molecule has 4 nitrogen and oxygen atoms in total. The minimum atomic E-state index is -0.00313. The molecule has 0 bridgehead atoms. The first-order valence-corrected chi connectivity index (χ1v) is 15.7. The highest BCUT2D eigenvalue weighted by Crippen LogP contribution is 2.31. The molecule has 3 aromatic heterocycles. The van der Waals surface area contributed by atoms with E-state index in [4.69, 9.17) is 19.9 Å². The fourth-order valence-corrected chi connectivity index (χ4v) is 6.52. The zero-order chi connectivity index (χ0) is 30.5. The number of hydrogen-bond acceptors (Lipinski definition) is 4. The maximum Gasteiger partial charge on any atom is 0.0972 e. The van der Waals surface area contributed by atoms with Crippen molar-refractivity contribution >= 4 is 38.8 Å². The average molecular weight is 589 g/mol. The first-order chi connectivity index (χ1) is 22.8. The van der Waals surface area contributed by atoms with Gasteiger partial charge in [-0.3, -0.25) is 4.99 Å². The molecule has 4 heterocycles. The summed E-state index contributed by atoms with van der Waals surface area (Å²) in [5.74, 6) is 0. The lowest BCUT2D eigenvalue weighted by Crippen LogP contribution is -2.30. The van der Waals surface area contributed by atoms with E-state index >= 15 is 0 Å². The van der Waals surface area contributed by atoms with E-state index in [9.17, 15) is 0 Å². The zero-order valence-corrected chi connectivity index (χ0v) is 25.0. The predicted octanol–water partition coefficient (Wildman–Crippen LogP) is 8.88. The van der Waals surface area contributed by atoms with E-state index in [2.05, 4.69) is 115 Å². The third kappa shape index (κ3) is 4.63. The Kier molecular flexibility index (Phi) is 6.24. The second-order valence-corrected chi connectivity index (χ2v) is 11.8. The van der Waals surface area contributed by atoms with Gasteiger partial charge in [-0.15, -0.1) is 0 Å². The summed E-state index contributed by atoms with van der Waals surface area (Å²) in [5.41, 5.74) is 10.0. The van der Waals surface area contributed by atoms with Gasteiger partial charge in [-0.25, -0.2) is 15.0 Å². The first-order valence-electron chi connectivity index (χ1n) is 15.7. The minimum Gasteiger partial charge on any atom is -0.274 e. The molecular formula is C42H28N4. The van der Waals surface area contributed by atoms with Gasteiger partial charge in [0.1, 0.15) is 0 Å². The molecule has 1 atom stereocenters. The Morgan fingerprint density at radius 2 is 0.935 bits per heavy atom. The molecule has 216 valence electrons. The van der Waals surface area contributed by atoms with Gasteiger partial charge in [-0.1, -0.05) is 127 Å². The number of hydrogen-bond donors (Lipinski definition) is 0. The van der Waals surface area contributed by atoms with Crippen LogP contribution in [0.2, 0.25) is 0 Å². The van der Waals surface area contributed by atoms with Crippen molar-refractivity contribution in [3.8, 4) is 33.8 Å². The van der Waals surface area contributed by atoms with E-state index in [1.807, 2.05) is 36.4 Å². The van der Waals surface area contributed by atoms with Gasteiger partial charge < -0.3 is 0 Å². The van der Waals surface area contributed by atoms with Crippen LogP contribution in [0.25, 0.3) is 72.6 Å². The van der Waals surface area contributed by atoms with Gasteiger partial charge in [0.15, 0.2) is 0 Å². The maximum absolute atomic E-state index is 5.32. The van der Waals surface area contributed by atoms with Crippen LogP contribution in [0.3, 0.4) is 0 Å². The average Bonchev–Trinajstić information content (AvgIpc) is 3.14. The summed E-state index contributed by atoms with van der Waals surface area (Å²) in [5, 5.41) is 5.36. The highest BCUT2D eigenvalue weighted by atomic mass is 14.8. The molecular weight excluding hydrogens is 560 g/mol. The number of pyridine rings is 3. The summed E-state index contributed by atoms with van der Waals surface area (Å²) in [7, 11) is 0. The number of benzene rings is 5. The van der Waals surface area contributed by atoms with Gasteiger partial charge in [-0.05, 0) is 41.5 Å². The van der Waals surface area contributed by atoms with E-state index in [1.54, 1.807) is 0 Å². The summed E-state index contributed by atoms with van der Waals surface area (Å²) in [6, 6.07) is 50.6. The largest absolute Gasteiger partial charge is 0.274 e. The molecule has 9 rings (SSSR count). The lowest BCUT2D eigenvalue weighted by atomic mass is 9.97. The van der Waals surface area contributed by atoms with Crippen LogP contribution >= 0.6 is 0 Å².